The van der Waals surface area contributed by atoms with E-state index in [-0.39, 0.29) is 17.7 Å². The maximum Gasteiger partial charge on any atom is 0.416 e. The topological polar surface area (TPSA) is 41.1 Å². The Bertz CT molecular complexity index is 730. The SMILES string of the molecule is CC(C)(C)c1ccc(NCCC(=O)Nc2ccc(C(F)(F)F)cc2)cc1. The van der Waals surface area contributed by atoms with Crippen LogP contribution in [0.3, 0.4) is 0 Å². The van der Waals surface area contributed by atoms with Gasteiger partial charge in [0.1, 0.15) is 0 Å². The lowest BCUT2D eigenvalue weighted by Gasteiger charge is -2.19. The zero-order valence-electron chi connectivity index (χ0n) is 15.1. The molecule has 0 aliphatic heterocycles. The molecule has 0 spiro atoms. The normalized spacial score (nSPS) is 11.9. The lowest BCUT2D eigenvalue weighted by atomic mass is 9.87. The summed E-state index contributed by atoms with van der Waals surface area (Å²) in [5.74, 6) is -0.261. The molecule has 3 nitrogen and oxygen atoms in total. The third-order valence-electron chi connectivity index (χ3n) is 3.93. The molecule has 6 heteroatoms. The lowest BCUT2D eigenvalue weighted by Crippen LogP contribution is -2.16. The van der Waals surface area contributed by atoms with Gasteiger partial charge in [0.05, 0.1) is 5.56 Å². The van der Waals surface area contributed by atoms with E-state index in [1.807, 2.05) is 24.3 Å². The maximum absolute atomic E-state index is 12.5. The summed E-state index contributed by atoms with van der Waals surface area (Å²) in [5.41, 5.74) is 1.83. The van der Waals surface area contributed by atoms with Crippen molar-refractivity contribution < 1.29 is 18.0 Å². The van der Waals surface area contributed by atoms with Gasteiger partial charge in [-0.2, -0.15) is 13.2 Å². The molecule has 0 atom stereocenters. The minimum absolute atomic E-state index is 0.0834. The first-order valence-corrected chi connectivity index (χ1v) is 8.37. The zero-order valence-corrected chi connectivity index (χ0v) is 15.1. The Morgan fingerprint density at radius 2 is 1.35 bits per heavy atom. The van der Waals surface area contributed by atoms with Crippen LogP contribution in [0, 0.1) is 0 Å². The number of nitrogens with one attached hydrogen (secondary N) is 2. The van der Waals surface area contributed by atoms with E-state index in [9.17, 15) is 18.0 Å². The van der Waals surface area contributed by atoms with Crippen molar-refractivity contribution in [3.05, 3.63) is 59.7 Å². The number of carbonyl (C=O) groups is 1. The second-order valence-corrected chi connectivity index (χ2v) is 7.13. The Balaban J connectivity index is 1.80. The summed E-state index contributed by atoms with van der Waals surface area (Å²) >= 11 is 0. The van der Waals surface area contributed by atoms with Crippen molar-refractivity contribution in [1.82, 2.24) is 0 Å². The monoisotopic (exact) mass is 364 g/mol. The molecule has 26 heavy (non-hydrogen) atoms. The number of anilines is 2. The molecular formula is C20H23F3N2O. The van der Waals surface area contributed by atoms with E-state index in [2.05, 4.69) is 31.4 Å². The van der Waals surface area contributed by atoms with Crippen LogP contribution in [0.25, 0.3) is 0 Å². The Kier molecular flexibility index (Phi) is 5.95. The number of carbonyl (C=O) groups excluding carboxylic acids is 1. The quantitative estimate of drug-likeness (QED) is 0.741. The van der Waals surface area contributed by atoms with Crippen LogP contribution in [-0.2, 0) is 16.4 Å². The largest absolute Gasteiger partial charge is 0.416 e. The standard InChI is InChI=1S/C20H23F3N2O/c1-19(2,3)14-4-8-16(9-5-14)24-13-12-18(26)25-17-10-6-15(7-11-17)20(21,22)23/h4-11,24H,12-13H2,1-3H3,(H,25,26). The van der Waals surface area contributed by atoms with E-state index in [1.54, 1.807) is 0 Å². The van der Waals surface area contributed by atoms with Gasteiger partial charge in [0.2, 0.25) is 5.91 Å². The summed E-state index contributed by atoms with van der Waals surface area (Å²) in [6.07, 6.45) is -4.17. The number of rotatable bonds is 5. The molecule has 0 aliphatic carbocycles. The molecule has 0 bridgehead atoms. The van der Waals surface area contributed by atoms with Gasteiger partial charge in [0.15, 0.2) is 0 Å². The Morgan fingerprint density at radius 3 is 1.85 bits per heavy atom. The molecule has 0 unspecified atom stereocenters. The van der Waals surface area contributed by atoms with E-state index in [0.717, 1.165) is 17.8 Å². The number of hydrogen-bond donors (Lipinski definition) is 2. The van der Waals surface area contributed by atoms with E-state index < -0.39 is 11.7 Å². The van der Waals surface area contributed by atoms with E-state index in [0.29, 0.717) is 12.2 Å². The predicted molar refractivity (Wildman–Crippen MR) is 98.3 cm³/mol. The molecule has 0 saturated carbocycles. The number of alkyl halides is 3. The lowest BCUT2D eigenvalue weighted by molar-refractivity contribution is -0.137. The van der Waals surface area contributed by atoms with Gasteiger partial charge in [-0.15, -0.1) is 0 Å². The molecule has 0 aromatic heterocycles. The van der Waals surface area contributed by atoms with Gasteiger partial charge in [0, 0.05) is 24.3 Å². The Labute approximate surface area is 151 Å². The molecule has 0 heterocycles. The summed E-state index contributed by atoms with van der Waals surface area (Å²) in [7, 11) is 0. The average Bonchev–Trinajstić information content (AvgIpc) is 2.54. The summed E-state index contributed by atoms with van der Waals surface area (Å²) in [5, 5.41) is 5.75. The second kappa shape index (κ2) is 7.81. The fraction of sp³-hybridized carbons (Fsp3) is 0.350. The fourth-order valence-corrected chi connectivity index (χ4v) is 2.37. The van der Waals surface area contributed by atoms with Gasteiger partial charge < -0.3 is 10.6 Å². The molecule has 0 radical (unpaired) electrons. The molecule has 2 aromatic rings. The van der Waals surface area contributed by atoms with Gasteiger partial charge in [-0.3, -0.25) is 4.79 Å². The van der Waals surface area contributed by atoms with Gasteiger partial charge in [-0.05, 0) is 47.4 Å². The van der Waals surface area contributed by atoms with Crippen molar-refractivity contribution in [3.63, 3.8) is 0 Å². The van der Waals surface area contributed by atoms with Crippen LogP contribution in [0.4, 0.5) is 24.5 Å². The van der Waals surface area contributed by atoms with Gasteiger partial charge >= 0.3 is 6.18 Å². The van der Waals surface area contributed by atoms with Crippen molar-refractivity contribution in [3.8, 4) is 0 Å². The summed E-state index contributed by atoms with van der Waals surface area (Å²) < 4.78 is 37.5. The van der Waals surface area contributed by atoms with Crippen molar-refractivity contribution >= 4 is 17.3 Å². The average molecular weight is 364 g/mol. The van der Waals surface area contributed by atoms with E-state index >= 15 is 0 Å². The fourth-order valence-electron chi connectivity index (χ4n) is 2.37. The molecule has 2 aromatic carbocycles. The first-order valence-electron chi connectivity index (χ1n) is 8.37. The highest BCUT2D eigenvalue weighted by Crippen LogP contribution is 2.29. The highest BCUT2D eigenvalue weighted by atomic mass is 19.4. The van der Waals surface area contributed by atoms with Crippen molar-refractivity contribution in [1.29, 1.82) is 0 Å². The first kappa shape index (κ1) is 19.8. The minimum atomic E-state index is -4.38. The van der Waals surface area contributed by atoms with E-state index in [1.165, 1.54) is 17.7 Å². The third-order valence-corrected chi connectivity index (χ3v) is 3.93. The van der Waals surface area contributed by atoms with Crippen LogP contribution in [0.5, 0.6) is 0 Å². The number of benzene rings is 2. The molecule has 140 valence electrons. The highest BCUT2D eigenvalue weighted by Gasteiger charge is 2.29. The van der Waals surface area contributed by atoms with Crippen LogP contribution in [-0.4, -0.2) is 12.5 Å². The summed E-state index contributed by atoms with van der Waals surface area (Å²) in [4.78, 5) is 11.9. The molecular weight excluding hydrogens is 341 g/mol. The smallest absolute Gasteiger partial charge is 0.385 e. The molecule has 0 fully saturated rings. The van der Waals surface area contributed by atoms with Crippen molar-refractivity contribution in [2.24, 2.45) is 0 Å². The predicted octanol–water partition coefficient (Wildman–Crippen LogP) is 5.44. The molecule has 2 N–H and O–H groups in total. The summed E-state index contributed by atoms with van der Waals surface area (Å²) in [6.45, 7) is 6.85. The molecule has 0 aliphatic rings. The third kappa shape index (κ3) is 5.79. The number of amides is 1. The molecule has 2 rings (SSSR count). The van der Waals surface area contributed by atoms with Gasteiger partial charge in [0.25, 0.3) is 0 Å². The number of hydrogen-bond acceptors (Lipinski definition) is 2. The van der Waals surface area contributed by atoms with Crippen LogP contribution in [0.15, 0.2) is 48.5 Å². The van der Waals surface area contributed by atoms with Crippen LogP contribution in [0.1, 0.15) is 38.3 Å². The van der Waals surface area contributed by atoms with Crippen LogP contribution >= 0.6 is 0 Å². The first-order chi connectivity index (χ1) is 12.1. The number of halogens is 3. The van der Waals surface area contributed by atoms with Gasteiger partial charge in [-0.25, -0.2) is 0 Å². The Morgan fingerprint density at radius 1 is 0.846 bits per heavy atom. The molecule has 1 amide bonds. The highest BCUT2D eigenvalue weighted by molar-refractivity contribution is 5.91. The second-order valence-electron chi connectivity index (χ2n) is 7.13. The maximum atomic E-state index is 12.5. The zero-order chi connectivity index (χ0) is 19.4. The minimum Gasteiger partial charge on any atom is -0.385 e. The van der Waals surface area contributed by atoms with E-state index in [4.69, 9.17) is 0 Å². The van der Waals surface area contributed by atoms with Gasteiger partial charge in [-0.1, -0.05) is 32.9 Å². The summed E-state index contributed by atoms with van der Waals surface area (Å²) in [6, 6.07) is 12.4. The van der Waals surface area contributed by atoms with Crippen LogP contribution in [0.2, 0.25) is 0 Å². The van der Waals surface area contributed by atoms with Crippen molar-refractivity contribution in [2.75, 3.05) is 17.2 Å². The Hall–Kier alpha value is -2.50. The molecule has 0 saturated heterocycles. The van der Waals surface area contributed by atoms with Crippen LogP contribution < -0.4 is 10.6 Å². The van der Waals surface area contributed by atoms with Crippen molar-refractivity contribution in [2.45, 2.75) is 38.8 Å².